The van der Waals surface area contributed by atoms with Crippen LogP contribution in [0.5, 0.6) is 5.75 Å². The van der Waals surface area contributed by atoms with Gasteiger partial charge in [0, 0.05) is 0 Å². The minimum Gasteiger partial charge on any atom is -0.490 e. The Kier molecular flexibility index (Phi) is 10.8. The van der Waals surface area contributed by atoms with Gasteiger partial charge in [-0.05, 0) is 100 Å². The molecule has 2 atom stereocenters. The number of carboxylic acids is 1. The number of benzene rings is 3. The number of aryl methyl sites for hydroxylation is 1. The number of carbonyl (C=O) groups is 2. The van der Waals surface area contributed by atoms with E-state index < -0.39 is 29.7 Å². The molecule has 7 nitrogen and oxygen atoms in total. The van der Waals surface area contributed by atoms with Gasteiger partial charge >= 0.3 is 11.9 Å². The second-order valence-corrected chi connectivity index (χ2v) is 12.0. The third kappa shape index (κ3) is 8.91. The molecule has 0 spiro atoms. The Balaban J connectivity index is 1.37. The first-order valence-electron chi connectivity index (χ1n) is 14.9. The van der Waals surface area contributed by atoms with Gasteiger partial charge in [-0.25, -0.2) is 4.79 Å². The van der Waals surface area contributed by atoms with Crippen molar-refractivity contribution in [3.8, 4) is 16.9 Å². The van der Waals surface area contributed by atoms with E-state index in [1.807, 2.05) is 63.2 Å². The fourth-order valence-electron chi connectivity index (χ4n) is 5.28. The summed E-state index contributed by atoms with van der Waals surface area (Å²) in [6.45, 7) is 5.96. The third-order valence-electron chi connectivity index (χ3n) is 7.47. The minimum atomic E-state index is -1.03. The topological polar surface area (TPSA) is 105 Å². The van der Waals surface area contributed by atoms with Gasteiger partial charge < -0.3 is 25.0 Å². The standard InChI is InChI=1S/C35H43NO6/c1-35(2,3)42-34(40)31(32(37)26-12-6-4-7-13-26)36-22-10-11-24-16-18-25(19-17-24)27-20-21-29(33(38)39)30(23-27)41-28-14-8-5-9-15-28/h4,6-7,12-13,16-21,23,28,31-32,36-37H,5,8-11,14-15,22H2,1-3H3,(H,38,39)/t31?,32-/m1/s1. The molecule has 1 fully saturated rings. The van der Waals surface area contributed by atoms with Crippen LogP contribution in [0.3, 0.4) is 0 Å². The lowest BCUT2D eigenvalue weighted by Gasteiger charge is -2.27. The molecule has 4 rings (SSSR count). The zero-order chi connectivity index (χ0) is 30.1. The first kappa shape index (κ1) is 31.3. The van der Waals surface area contributed by atoms with Gasteiger partial charge in [-0.15, -0.1) is 0 Å². The number of esters is 1. The number of carboxylic acid groups (broad SMARTS) is 1. The Morgan fingerprint density at radius 3 is 2.24 bits per heavy atom. The Labute approximate surface area is 248 Å². The summed E-state index contributed by atoms with van der Waals surface area (Å²) in [4.78, 5) is 24.7. The van der Waals surface area contributed by atoms with Crippen LogP contribution in [0.4, 0.5) is 0 Å². The van der Waals surface area contributed by atoms with Gasteiger partial charge in [0.1, 0.15) is 29.1 Å². The van der Waals surface area contributed by atoms with Crippen LogP contribution in [-0.4, -0.2) is 46.4 Å². The number of aromatic carboxylic acids is 1. The predicted molar refractivity (Wildman–Crippen MR) is 164 cm³/mol. The van der Waals surface area contributed by atoms with Gasteiger partial charge in [0.15, 0.2) is 0 Å². The maximum absolute atomic E-state index is 12.9. The Bertz CT molecular complexity index is 1310. The molecule has 0 aromatic heterocycles. The lowest BCUT2D eigenvalue weighted by Crippen LogP contribution is -2.45. The summed E-state index contributed by atoms with van der Waals surface area (Å²) in [6.07, 6.45) is 5.90. The van der Waals surface area contributed by atoms with E-state index in [9.17, 15) is 19.8 Å². The van der Waals surface area contributed by atoms with E-state index >= 15 is 0 Å². The largest absolute Gasteiger partial charge is 0.490 e. The molecule has 0 aliphatic heterocycles. The zero-order valence-electron chi connectivity index (χ0n) is 24.8. The number of hydrogen-bond acceptors (Lipinski definition) is 6. The van der Waals surface area contributed by atoms with Crippen LogP contribution in [0.1, 0.15) is 86.9 Å². The highest BCUT2D eigenvalue weighted by atomic mass is 16.6. The Morgan fingerprint density at radius 1 is 0.929 bits per heavy atom. The maximum Gasteiger partial charge on any atom is 0.339 e. The lowest BCUT2D eigenvalue weighted by atomic mass is 9.97. The number of ether oxygens (including phenoxy) is 2. The first-order valence-corrected chi connectivity index (χ1v) is 14.9. The van der Waals surface area contributed by atoms with Crippen LogP contribution in [0.2, 0.25) is 0 Å². The van der Waals surface area contributed by atoms with E-state index in [0.29, 0.717) is 17.9 Å². The number of aliphatic hydroxyl groups excluding tert-OH is 1. The summed E-state index contributed by atoms with van der Waals surface area (Å²) in [6, 6.07) is 21.7. The molecule has 224 valence electrons. The normalized spacial score (nSPS) is 15.5. The van der Waals surface area contributed by atoms with E-state index in [1.165, 1.54) is 6.42 Å². The summed E-state index contributed by atoms with van der Waals surface area (Å²) in [5.74, 6) is -1.04. The molecular weight excluding hydrogens is 530 g/mol. The summed E-state index contributed by atoms with van der Waals surface area (Å²) >= 11 is 0. The molecule has 3 aromatic rings. The summed E-state index contributed by atoms with van der Waals surface area (Å²) in [7, 11) is 0. The van der Waals surface area contributed by atoms with E-state index in [4.69, 9.17) is 9.47 Å². The van der Waals surface area contributed by atoms with E-state index in [2.05, 4.69) is 17.4 Å². The van der Waals surface area contributed by atoms with Crippen LogP contribution in [0, 0.1) is 0 Å². The van der Waals surface area contributed by atoms with Crippen molar-refractivity contribution in [2.24, 2.45) is 0 Å². The number of carbonyl (C=O) groups excluding carboxylic acids is 1. The lowest BCUT2D eigenvalue weighted by molar-refractivity contribution is -0.160. The summed E-state index contributed by atoms with van der Waals surface area (Å²) in [5, 5.41) is 23.8. The molecule has 0 heterocycles. The molecule has 1 aliphatic rings. The maximum atomic E-state index is 12.9. The zero-order valence-corrected chi connectivity index (χ0v) is 24.8. The van der Waals surface area contributed by atoms with E-state index in [-0.39, 0.29) is 11.7 Å². The highest BCUT2D eigenvalue weighted by Gasteiger charge is 2.31. The second kappa shape index (κ2) is 14.5. The molecule has 3 aromatic carbocycles. The molecular formula is C35H43NO6. The molecule has 0 amide bonds. The summed E-state index contributed by atoms with van der Waals surface area (Å²) < 4.78 is 11.7. The minimum absolute atomic E-state index is 0.0619. The molecule has 7 heteroatoms. The monoisotopic (exact) mass is 573 g/mol. The number of aliphatic hydroxyl groups is 1. The molecule has 1 saturated carbocycles. The van der Waals surface area contributed by atoms with Crippen molar-refractivity contribution in [3.05, 3.63) is 89.5 Å². The van der Waals surface area contributed by atoms with Crippen molar-refractivity contribution in [2.45, 2.75) is 89.6 Å². The van der Waals surface area contributed by atoms with Crippen LogP contribution in [0.15, 0.2) is 72.8 Å². The number of hydrogen-bond donors (Lipinski definition) is 3. The third-order valence-corrected chi connectivity index (χ3v) is 7.47. The van der Waals surface area contributed by atoms with Gasteiger partial charge in [0.05, 0.1) is 6.10 Å². The van der Waals surface area contributed by atoms with Gasteiger partial charge in [-0.1, -0.05) is 67.1 Å². The smallest absolute Gasteiger partial charge is 0.339 e. The number of nitrogens with one attached hydrogen (secondary N) is 1. The van der Waals surface area contributed by atoms with Crippen molar-refractivity contribution in [1.29, 1.82) is 0 Å². The molecule has 0 saturated heterocycles. The van der Waals surface area contributed by atoms with Crippen molar-refractivity contribution in [3.63, 3.8) is 0 Å². The fourth-order valence-corrected chi connectivity index (χ4v) is 5.28. The SMILES string of the molecule is CC(C)(C)OC(=O)C(NCCCc1ccc(-c2ccc(C(=O)O)c(OC3CCCCC3)c2)cc1)[C@H](O)c1ccccc1. The predicted octanol–water partition coefficient (Wildman–Crippen LogP) is 6.73. The van der Waals surface area contributed by atoms with Gasteiger partial charge in [0.2, 0.25) is 0 Å². The van der Waals surface area contributed by atoms with E-state index in [1.54, 1.807) is 18.2 Å². The quantitative estimate of drug-likeness (QED) is 0.163. The first-order chi connectivity index (χ1) is 20.1. The van der Waals surface area contributed by atoms with Crippen LogP contribution >= 0.6 is 0 Å². The van der Waals surface area contributed by atoms with Crippen LogP contribution in [0.25, 0.3) is 11.1 Å². The Hall–Kier alpha value is -3.68. The molecule has 1 unspecified atom stereocenters. The summed E-state index contributed by atoms with van der Waals surface area (Å²) in [5.41, 5.74) is 3.22. The fraction of sp³-hybridized carbons (Fsp3) is 0.429. The molecule has 0 radical (unpaired) electrons. The molecule has 0 bridgehead atoms. The van der Waals surface area contributed by atoms with Gasteiger partial charge in [-0.2, -0.15) is 0 Å². The number of rotatable bonds is 12. The average molecular weight is 574 g/mol. The van der Waals surface area contributed by atoms with Crippen LogP contribution in [-0.2, 0) is 16.0 Å². The molecule has 3 N–H and O–H groups in total. The van der Waals surface area contributed by atoms with Crippen molar-refractivity contribution < 1.29 is 29.3 Å². The second-order valence-electron chi connectivity index (χ2n) is 12.0. The highest BCUT2D eigenvalue weighted by Crippen LogP contribution is 2.31. The van der Waals surface area contributed by atoms with Crippen molar-refractivity contribution in [1.82, 2.24) is 5.32 Å². The van der Waals surface area contributed by atoms with Crippen molar-refractivity contribution in [2.75, 3.05) is 6.54 Å². The van der Waals surface area contributed by atoms with Crippen molar-refractivity contribution >= 4 is 11.9 Å². The van der Waals surface area contributed by atoms with Gasteiger partial charge in [0.25, 0.3) is 0 Å². The average Bonchev–Trinajstić information content (AvgIpc) is 2.97. The van der Waals surface area contributed by atoms with Crippen LogP contribution < -0.4 is 10.1 Å². The van der Waals surface area contributed by atoms with Gasteiger partial charge in [-0.3, -0.25) is 4.79 Å². The Morgan fingerprint density at radius 2 is 1.60 bits per heavy atom. The molecule has 42 heavy (non-hydrogen) atoms. The highest BCUT2D eigenvalue weighted by molar-refractivity contribution is 5.92. The molecule has 1 aliphatic carbocycles. The van der Waals surface area contributed by atoms with E-state index in [0.717, 1.165) is 55.2 Å².